The van der Waals surface area contributed by atoms with Crippen LogP contribution in [0.5, 0.6) is 0 Å². The molecule has 0 saturated heterocycles. The van der Waals surface area contributed by atoms with Crippen LogP contribution < -0.4 is 0 Å². The van der Waals surface area contributed by atoms with Crippen LogP contribution in [0.3, 0.4) is 0 Å². The molecule has 1 aliphatic carbocycles. The van der Waals surface area contributed by atoms with Gasteiger partial charge in [0.25, 0.3) is 0 Å². The highest BCUT2D eigenvalue weighted by Crippen LogP contribution is 2.41. The monoisotopic (exact) mass is 374 g/mol. The molecule has 0 heterocycles. The summed E-state index contributed by atoms with van der Waals surface area (Å²) in [5, 5.41) is 7.23. The van der Waals surface area contributed by atoms with Crippen LogP contribution in [0.4, 0.5) is 0 Å². The Balaban J connectivity index is 1.71. The summed E-state index contributed by atoms with van der Waals surface area (Å²) < 4.78 is 5.42. The fraction of sp³-hybridized carbons (Fsp3) is 0.208. The summed E-state index contributed by atoms with van der Waals surface area (Å²) in [5.74, 6) is -0.271. The second kappa shape index (κ2) is 6.24. The number of esters is 1. The zero-order chi connectivity index (χ0) is 18.5. The fourth-order valence-electron chi connectivity index (χ4n) is 4.41. The van der Waals surface area contributed by atoms with Crippen molar-refractivity contribution in [3.05, 3.63) is 71.8 Å². The van der Waals surface area contributed by atoms with Crippen molar-refractivity contribution in [2.24, 2.45) is 0 Å². The Bertz CT molecular complexity index is 1210. The van der Waals surface area contributed by atoms with Crippen LogP contribution in [0.2, 0.25) is 0 Å². The second-order valence-corrected chi connectivity index (χ2v) is 7.77. The third kappa shape index (κ3) is 2.67. The molecule has 0 fully saturated rings. The summed E-state index contributed by atoms with van der Waals surface area (Å²) in [6.45, 7) is 1.44. The molecular formula is C24H19ClO2. The van der Waals surface area contributed by atoms with E-state index in [2.05, 4.69) is 60.7 Å². The zero-order valence-electron chi connectivity index (χ0n) is 15.0. The predicted molar refractivity (Wildman–Crippen MR) is 111 cm³/mol. The molecule has 0 amide bonds. The predicted octanol–water partition coefficient (Wildman–Crippen LogP) is 6.30. The van der Waals surface area contributed by atoms with Crippen molar-refractivity contribution in [1.29, 1.82) is 0 Å². The number of carbonyl (C=O) groups is 1. The van der Waals surface area contributed by atoms with E-state index in [-0.39, 0.29) is 17.5 Å². The smallest absolute Gasteiger partial charge is 0.302 e. The van der Waals surface area contributed by atoms with Gasteiger partial charge in [-0.25, -0.2) is 0 Å². The van der Waals surface area contributed by atoms with Gasteiger partial charge in [0.15, 0.2) is 0 Å². The van der Waals surface area contributed by atoms with Gasteiger partial charge in [-0.2, -0.15) is 0 Å². The molecule has 134 valence electrons. The largest absolute Gasteiger partial charge is 0.461 e. The van der Waals surface area contributed by atoms with E-state index in [4.69, 9.17) is 16.3 Å². The number of ether oxygens (including phenoxy) is 1. The van der Waals surface area contributed by atoms with Crippen LogP contribution in [0, 0.1) is 0 Å². The van der Waals surface area contributed by atoms with Crippen LogP contribution in [-0.4, -0.2) is 12.1 Å². The van der Waals surface area contributed by atoms with Crippen molar-refractivity contribution in [3.8, 4) is 0 Å². The Kier molecular flexibility index (Phi) is 3.84. The van der Waals surface area contributed by atoms with Gasteiger partial charge in [-0.15, -0.1) is 11.6 Å². The maximum atomic E-state index is 11.4. The molecule has 0 saturated carbocycles. The molecule has 2 nitrogen and oxygen atoms in total. The molecule has 2 atom stereocenters. The lowest BCUT2D eigenvalue weighted by molar-refractivity contribution is -0.147. The Morgan fingerprint density at radius 3 is 2.48 bits per heavy atom. The van der Waals surface area contributed by atoms with E-state index in [9.17, 15) is 4.79 Å². The van der Waals surface area contributed by atoms with Crippen LogP contribution in [0.1, 0.15) is 29.8 Å². The first kappa shape index (κ1) is 16.6. The van der Waals surface area contributed by atoms with E-state index in [0.717, 1.165) is 18.4 Å². The molecule has 0 unspecified atom stereocenters. The van der Waals surface area contributed by atoms with Crippen LogP contribution in [0.25, 0.3) is 32.3 Å². The number of halogens is 1. The molecule has 0 spiro atoms. The number of hydrogen-bond donors (Lipinski definition) is 0. The number of rotatable bonds is 1. The van der Waals surface area contributed by atoms with Gasteiger partial charge in [0.05, 0.1) is 5.38 Å². The SMILES string of the molecule is CC(=O)O[C@H]1CCc2c(ccc3cc4c(ccc5ccccc54)cc23)[C@@H]1Cl. The molecule has 0 aromatic heterocycles. The number of fused-ring (bicyclic) bond motifs is 6. The fourth-order valence-corrected chi connectivity index (χ4v) is 4.79. The lowest BCUT2D eigenvalue weighted by Gasteiger charge is -2.30. The van der Waals surface area contributed by atoms with Gasteiger partial charge >= 0.3 is 5.97 Å². The van der Waals surface area contributed by atoms with Gasteiger partial charge in [0, 0.05) is 6.92 Å². The molecular weight excluding hydrogens is 356 g/mol. The van der Waals surface area contributed by atoms with Crippen molar-refractivity contribution >= 4 is 49.9 Å². The minimum absolute atomic E-state index is 0.251. The minimum Gasteiger partial charge on any atom is -0.461 e. The molecule has 1 aliphatic rings. The summed E-state index contributed by atoms with van der Waals surface area (Å²) in [7, 11) is 0. The Hall–Kier alpha value is -2.58. The summed E-state index contributed by atoms with van der Waals surface area (Å²) in [5.41, 5.74) is 2.37. The van der Waals surface area contributed by atoms with E-state index in [1.54, 1.807) is 0 Å². The van der Waals surface area contributed by atoms with Gasteiger partial charge in [0.2, 0.25) is 0 Å². The zero-order valence-corrected chi connectivity index (χ0v) is 15.8. The van der Waals surface area contributed by atoms with Crippen LogP contribution in [0.15, 0.2) is 60.7 Å². The number of hydrogen-bond acceptors (Lipinski definition) is 2. The van der Waals surface area contributed by atoms with E-state index >= 15 is 0 Å². The molecule has 3 heteroatoms. The topological polar surface area (TPSA) is 26.3 Å². The number of carbonyl (C=O) groups excluding carboxylic acids is 1. The van der Waals surface area contributed by atoms with Gasteiger partial charge in [-0.1, -0.05) is 48.5 Å². The van der Waals surface area contributed by atoms with Crippen molar-refractivity contribution in [1.82, 2.24) is 0 Å². The average molecular weight is 375 g/mol. The lowest BCUT2D eigenvalue weighted by Crippen LogP contribution is -2.27. The molecule has 0 aliphatic heterocycles. The highest BCUT2D eigenvalue weighted by molar-refractivity contribution is 6.22. The second-order valence-electron chi connectivity index (χ2n) is 7.30. The third-order valence-corrected chi connectivity index (χ3v) is 6.17. The molecule has 0 radical (unpaired) electrons. The molecule has 4 aromatic carbocycles. The van der Waals surface area contributed by atoms with E-state index in [1.165, 1.54) is 44.8 Å². The van der Waals surface area contributed by atoms with Crippen molar-refractivity contribution in [2.75, 3.05) is 0 Å². The average Bonchev–Trinajstić information content (AvgIpc) is 2.68. The third-order valence-electron chi connectivity index (χ3n) is 5.65. The van der Waals surface area contributed by atoms with Gasteiger partial charge < -0.3 is 4.74 Å². The molecule has 0 bridgehead atoms. The lowest BCUT2D eigenvalue weighted by atomic mass is 9.85. The summed E-state index contributed by atoms with van der Waals surface area (Å²) in [6.07, 6.45) is 1.38. The standard InChI is InChI=1S/C24H19ClO2/c1-14(26)27-23-11-10-19-20(24(23)25)9-8-17-12-21-16(13-22(17)19)7-6-15-4-2-3-5-18(15)21/h2-9,12-13,23-24H,10-11H2,1H3/t23-,24-/m0/s1. The van der Waals surface area contributed by atoms with Crippen LogP contribution in [-0.2, 0) is 16.0 Å². The quantitative estimate of drug-likeness (QED) is 0.169. The first-order chi connectivity index (χ1) is 13.1. The highest BCUT2D eigenvalue weighted by atomic mass is 35.5. The number of aryl methyl sites for hydroxylation is 1. The van der Waals surface area contributed by atoms with Crippen molar-refractivity contribution < 1.29 is 9.53 Å². The van der Waals surface area contributed by atoms with Crippen LogP contribution >= 0.6 is 11.6 Å². The van der Waals surface area contributed by atoms with Gasteiger partial charge in [0.1, 0.15) is 6.10 Å². The molecule has 27 heavy (non-hydrogen) atoms. The van der Waals surface area contributed by atoms with Crippen molar-refractivity contribution in [2.45, 2.75) is 31.2 Å². The van der Waals surface area contributed by atoms with E-state index in [0.29, 0.717) is 0 Å². The Labute approximate surface area is 162 Å². The Morgan fingerprint density at radius 2 is 1.63 bits per heavy atom. The molecule has 0 N–H and O–H groups in total. The summed E-state index contributed by atoms with van der Waals surface area (Å²) in [6, 6.07) is 21.7. The number of alkyl halides is 1. The first-order valence-electron chi connectivity index (χ1n) is 9.30. The summed E-state index contributed by atoms with van der Waals surface area (Å²) in [4.78, 5) is 11.4. The summed E-state index contributed by atoms with van der Waals surface area (Å²) >= 11 is 6.68. The van der Waals surface area contributed by atoms with Gasteiger partial charge in [-0.3, -0.25) is 4.79 Å². The maximum Gasteiger partial charge on any atom is 0.302 e. The molecule has 5 rings (SSSR count). The maximum absolute atomic E-state index is 11.4. The van der Waals surface area contributed by atoms with E-state index < -0.39 is 0 Å². The van der Waals surface area contributed by atoms with Crippen molar-refractivity contribution in [3.63, 3.8) is 0 Å². The normalized spacial score (nSPS) is 19.3. The first-order valence-corrected chi connectivity index (χ1v) is 9.74. The minimum atomic E-state index is -0.297. The van der Waals surface area contributed by atoms with E-state index in [1.807, 2.05) is 0 Å². The molecule has 4 aromatic rings. The highest BCUT2D eigenvalue weighted by Gasteiger charge is 2.31. The Morgan fingerprint density at radius 1 is 0.926 bits per heavy atom. The number of benzene rings is 4. The van der Waals surface area contributed by atoms with Gasteiger partial charge in [-0.05, 0) is 68.4 Å².